The molecule has 0 amide bonds. The third-order valence-corrected chi connectivity index (χ3v) is 5.69. The molecule has 164 valence electrons. The summed E-state index contributed by atoms with van der Waals surface area (Å²) in [5, 5.41) is 38.5. The lowest BCUT2D eigenvalue weighted by Gasteiger charge is -2.19. The van der Waals surface area contributed by atoms with Gasteiger partial charge in [0.1, 0.15) is 11.5 Å². The summed E-state index contributed by atoms with van der Waals surface area (Å²) in [4.78, 5) is 22.4. The van der Waals surface area contributed by atoms with Gasteiger partial charge in [-0.1, -0.05) is 19.3 Å². The van der Waals surface area contributed by atoms with Gasteiger partial charge in [0.05, 0.1) is 10.8 Å². The first-order chi connectivity index (χ1) is 13.4. The van der Waals surface area contributed by atoms with Crippen LogP contribution in [0.5, 0.6) is 11.5 Å². The number of aryl methyl sites for hydroxylation is 1. The van der Waals surface area contributed by atoms with Gasteiger partial charge in [0.2, 0.25) is 0 Å². The second kappa shape index (κ2) is 10.5. The Morgan fingerprint density at radius 2 is 1.24 bits per heavy atom. The molecule has 29 heavy (non-hydrogen) atoms. The van der Waals surface area contributed by atoms with Gasteiger partial charge in [-0.2, -0.15) is 0 Å². The number of phenolic OH excluding ortho intramolecular Hbond substituents is 2. The lowest BCUT2D eigenvalue weighted by atomic mass is 9.86. The number of carboxylic acid groups (broad SMARTS) is 2. The molecule has 0 aliphatic carbocycles. The Kier molecular flexibility index (Phi) is 8.99. The summed E-state index contributed by atoms with van der Waals surface area (Å²) in [6.07, 6.45) is 6.53. The van der Waals surface area contributed by atoms with E-state index in [1.54, 1.807) is 33.8 Å². The van der Waals surface area contributed by atoms with E-state index in [2.05, 4.69) is 0 Å². The number of benzene rings is 1. The van der Waals surface area contributed by atoms with Gasteiger partial charge in [-0.05, 0) is 83.4 Å². The fourth-order valence-electron chi connectivity index (χ4n) is 3.35. The molecule has 0 radical (unpaired) electrons. The standard InChI is InChI=1S/C23H36O6/c1-22(2,20(26)27)12-8-5-6-10-16-14-17(24)15-19(25)18(16)11-7-9-13-23(3,4)21(28)29/h14-15,24-25H,5-13H2,1-4H3,(H,26,27)(H,28,29). The van der Waals surface area contributed by atoms with Crippen LogP contribution in [-0.2, 0) is 22.4 Å². The van der Waals surface area contributed by atoms with Crippen molar-refractivity contribution in [2.24, 2.45) is 10.8 Å². The van der Waals surface area contributed by atoms with Crippen LogP contribution in [0.25, 0.3) is 0 Å². The fourth-order valence-corrected chi connectivity index (χ4v) is 3.35. The quantitative estimate of drug-likeness (QED) is 0.336. The highest BCUT2D eigenvalue weighted by Crippen LogP contribution is 2.31. The van der Waals surface area contributed by atoms with Crippen LogP contribution >= 0.6 is 0 Å². The molecule has 0 aliphatic rings. The molecule has 6 nitrogen and oxygen atoms in total. The number of carboxylic acids is 2. The predicted molar refractivity (Wildman–Crippen MR) is 112 cm³/mol. The average molecular weight is 409 g/mol. The van der Waals surface area contributed by atoms with Crippen LogP contribution in [0, 0.1) is 10.8 Å². The lowest BCUT2D eigenvalue weighted by molar-refractivity contribution is -0.148. The number of carbonyl (C=O) groups is 2. The van der Waals surface area contributed by atoms with Crippen molar-refractivity contribution in [1.82, 2.24) is 0 Å². The normalized spacial score (nSPS) is 12.1. The summed E-state index contributed by atoms with van der Waals surface area (Å²) >= 11 is 0. The van der Waals surface area contributed by atoms with Gasteiger partial charge in [0.25, 0.3) is 0 Å². The highest BCUT2D eigenvalue weighted by Gasteiger charge is 2.27. The van der Waals surface area contributed by atoms with E-state index < -0.39 is 22.8 Å². The number of unbranched alkanes of at least 4 members (excludes halogenated alkanes) is 3. The molecule has 0 spiro atoms. The molecule has 4 N–H and O–H groups in total. The zero-order valence-electron chi connectivity index (χ0n) is 18.1. The van der Waals surface area contributed by atoms with E-state index in [-0.39, 0.29) is 11.5 Å². The lowest BCUT2D eigenvalue weighted by Crippen LogP contribution is -2.23. The minimum Gasteiger partial charge on any atom is -0.508 e. The second-order valence-electron chi connectivity index (χ2n) is 9.25. The predicted octanol–water partition coefficient (Wildman–Crippen LogP) is 5.14. The Morgan fingerprint density at radius 1 is 0.759 bits per heavy atom. The Balaban J connectivity index is 2.60. The molecule has 0 aromatic heterocycles. The molecule has 1 aromatic rings. The van der Waals surface area contributed by atoms with Crippen LogP contribution < -0.4 is 0 Å². The van der Waals surface area contributed by atoms with Crippen LogP contribution in [0.1, 0.15) is 83.8 Å². The van der Waals surface area contributed by atoms with Gasteiger partial charge >= 0.3 is 11.9 Å². The van der Waals surface area contributed by atoms with Crippen molar-refractivity contribution in [3.05, 3.63) is 23.3 Å². The van der Waals surface area contributed by atoms with Gasteiger partial charge in [-0.3, -0.25) is 9.59 Å². The Labute approximate surface area is 173 Å². The highest BCUT2D eigenvalue weighted by molar-refractivity contribution is 5.73. The molecule has 0 atom stereocenters. The number of hydrogen-bond acceptors (Lipinski definition) is 4. The van der Waals surface area contributed by atoms with Crippen LogP contribution in [0.3, 0.4) is 0 Å². The minimum absolute atomic E-state index is 0.0280. The van der Waals surface area contributed by atoms with E-state index in [0.29, 0.717) is 25.7 Å². The molecule has 0 saturated carbocycles. The summed E-state index contributed by atoms with van der Waals surface area (Å²) in [6, 6.07) is 3.02. The molecule has 0 fully saturated rings. The van der Waals surface area contributed by atoms with E-state index in [4.69, 9.17) is 5.11 Å². The minimum atomic E-state index is -0.809. The molecule has 0 bridgehead atoms. The topological polar surface area (TPSA) is 115 Å². The fraction of sp³-hybridized carbons (Fsp3) is 0.652. The van der Waals surface area contributed by atoms with E-state index in [1.807, 2.05) is 0 Å². The molecule has 0 aliphatic heterocycles. The van der Waals surface area contributed by atoms with E-state index >= 15 is 0 Å². The van der Waals surface area contributed by atoms with Gasteiger partial charge in [0.15, 0.2) is 0 Å². The van der Waals surface area contributed by atoms with Crippen molar-refractivity contribution in [2.75, 3.05) is 0 Å². The Hall–Kier alpha value is -2.24. The first-order valence-electron chi connectivity index (χ1n) is 10.4. The summed E-state index contributed by atoms with van der Waals surface area (Å²) in [6.45, 7) is 6.88. The van der Waals surface area contributed by atoms with Crippen LogP contribution in [-0.4, -0.2) is 32.4 Å². The first kappa shape index (κ1) is 24.8. The number of hydrogen-bond donors (Lipinski definition) is 4. The molecule has 0 heterocycles. The smallest absolute Gasteiger partial charge is 0.309 e. The van der Waals surface area contributed by atoms with E-state index in [1.165, 1.54) is 6.07 Å². The number of aromatic hydroxyl groups is 2. The van der Waals surface area contributed by atoms with Gasteiger partial charge in [-0.15, -0.1) is 0 Å². The van der Waals surface area contributed by atoms with Gasteiger partial charge < -0.3 is 20.4 Å². The maximum Gasteiger partial charge on any atom is 0.309 e. The maximum absolute atomic E-state index is 11.2. The third kappa shape index (κ3) is 7.95. The molecule has 0 saturated heterocycles. The number of rotatable bonds is 13. The van der Waals surface area contributed by atoms with Crippen molar-refractivity contribution >= 4 is 11.9 Å². The largest absolute Gasteiger partial charge is 0.508 e. The average Bonchev–Trinajstić information content (AvgIpc) is 2.59. The SMILES string of the molecule is CC(C)(CCCCCc1cc(O)cc(O)c1CCCCC(C)(C)C(=O)O)C(=O)O. The number of phenols is 2. The van der Waals surface area contributed by atoms with Crippen molar-refractivity contribution < 1.29 is 30.0 Å². The van der Waals surface area contributed by atoms with Crippen LogP contribution in [0.2, 0.25) is 0 Å². The van der Waals surface area contributed by atoms with E-state index in [0.717, 1.165) is 43.2 Å². The zero-order chi connectivity index (χ0) is 22.2. The summed E-state index contributed by atoms with van der Waals surface area (Å²) in [5.74, 6) is -1.50. The van der Waals surface area contributed by atoms with Crippen LogP contribution in [0.15, 0.2) is 12.1 Å². The third-order valence-electron chi connectivity index (χ3n) is 5.69. The Bertz CT molecular complexity index is 706. The van der Waals surface area contributed by atoms with Crippen molar-refractivity contribution in [3.8, 4) is 11.5 Å². The summed E-state index contributed by atoms with van der Waals surface area (Å²) in [7, 11) is 0. The molecule has 1 aromatic carbocycles. The maximum atomic E-state index is 11.2. The summed E-state index contributed by atoms with van der Waals surface area (Å²) in [5.41, 5.74) is 0.223. The monoisotopic (exact) mass is 408 g/mol. The molecule has 1 rings (SSSR count). The van der Waals surface area contributed by atoms with E-state index in [9.17, 15) is 24.9 Å². The number of aliphatic carboxylic acids is 2. The van der Waals surface area contributed by atoms with Crippen molar-refractivity contribution in [3.63, 3.8) is 0 Å². The van der Waals surface area contributed by atoms with Crippen molar-refractivity contribution in [2.45, 2.75) is 85.5 Å². The molecule has 6 heteroatoms. The second-order valence-corrected chi connectivity index (χ2v) is 9.25. The van der Waals surface area contributed by atoms with Crippen LogP contribution in [0.4, 0.5) is 0 Å². The molecular formula is C23H36O6. The zero-order valence-corrected chi connectivity index (χ0v) is 18.1. The van der Waals surface area contributed by atoms with Gasteiger partial charge in [-0.25, -0.2) is 0 Å². The molecular weight excluding hydrogens is 372 g/mol. The highest BCUT2D eigenvalue weighted by atomic mass is 16.4. The summed E-state index contributed by atoms with van der Waals surface area (Å²) < 4.78 is 0. The van der Waals surface area contributed by atoms with Gasteiger partial charge in [0, 0.05) is 6.07 Å². The Morgan fingerprint density at radius 3 is 1.76 bits per heavy atom. The first-order valence-corrected chi connectivity index (χ1v) is 10.4. The van der Waals surface area contributed by atoms with Crippen molar-refractivity contribution in [1.29, 1.82) is 0 Å². The molecule has 0 unspecified atom stereocenters.